The zero-order valence-electron chi connectivity index (χ0n) is 24.4. The van der Waals surface area contributed by atoms with Crippen molar-refractivity contribution in [1.29, 1.82) is 5.26 Å². The highest BCUT2D eigenvalue weighted by atomic mass is 15.0. The van der Waals surface area contributed by atoms with Crippen LogP contribution in [0, 0.1) is 35.7 Å². The molecule has 1 aromatic heterocycles. The Morgan fingerprint density at radius 3 is 1.70 bits per heavy atom. The summed E-state index contributed by atoms with van der Waals surface area (Å²) in [6.07, 6.45) is 8.36. The molecule has 0 amide bonds. The van der Waals surface area contributed by atoms with Crippen LogP contribution in [0.1, 0.15) is 49.7 Å². The second kappa shape index (κ2) is 10.5. The number of rotatable bonds is 5. The normalized spacial score (nSPS) is 23.2. The molecular formula is C39H31N5. The van der Waals surface area contributed by atoms with Crippen LogP contribution in [0.25, 0.3) is 50.1 Å². The molecule has 4 fully saturated rings. The maximum atomic E-state index is 10.0. The lowest BCUT2D eigenvalue weighted by atomic mass is 9.48. The monoisotopic (exact) mass is 569 g/mol. The molecule has 5 nitrogen and oxygen atoms in total. The van der Waals surface area contributed by atoms with Crippen LogP contribution in [0.3, 0.4) is 0 Å². The molecule has 0 aliphatic heterocycles. The summed E-state index contributed by atoms with van der Waals surface area (Å²) in [4.78, 5) is 18.1. The molecule has 5 aromatic rings. The van der Waals surface area contributed by atoms with Gasteiger partial charge >= 0.3 is 0 Å². The molecule has 0 spiro atoms. The van der Waals surface area contributed by atoms with Crippen molar-refractivity contribution >= 4 is 5.69 Å². The van der Waals surface area contributed by atoms with Crippen LogP contribution in [0.2, 0.25) is 0 Å². The van der Waals surface area contributed by atoms with E-state index in [-0.39, 0.29) is 0 Å². The van der Waals surface area contributed by atoms with Gasteiger partial charge in [-0.15, -0.1) is 0 Å². The van der Waals surface area contributed by atoms with Crippen LogP contribution in [0.15, 0.2) is 97.1 Å². The van der Waals surface area contributed by atoms with Gasteiger partial charge in [-0.2, -0.15) is 5.26 Å². The third kappa shape index (κ3) is 4.76. The van der Waals surface area contributed by atoms with Crippen molar-refractivity contribution in [2.24, 2.45) is 17.8 Å². The first-order valence-corrected chi connectivity index (χ1v) is 15.5. The van der Waals surface area contributed by atoms with E-state index < -0.39 is 0 Å². The Bertz CT molecular complexity index is 1910. The number of benzene rings is 4. The number of nitriles is 1. The van der Waals surface area contributed by atoms with Crippen LogP contribution in [0.5, 0.6) is 0 Å². The van der Waals surface area contributed by atoms with Crippen LogP contribution < -0.4 is 0 Å². The second-order valence-electron chi connectivity index (χ2n) is 13.0. The van der Waals surface area contributed by atoms with Gasteiger partial charge < -0.3 is 0 Å². The highest BCUT2D eigenvalue weighted by molar-refractivity contribution is 5.75. The van der Waals surface area contributed by atoms with Gasteiger partial charge in [-0.3, -0.25) is 0 Å². The Morgan fingerprint density at radius 2 is 1.14 bits per heavy atom. The molecule has 44 heavy (non-hydrogen) atoms. The molecular weight excluding hydrogens is 538 g/mol. The molecule has 0 radical (unpaired) electrons. The fourth-order valence-electron chi connectivity index (χ4n) is 8.50. The van der Waals surface area contributed by atoms with E-state index in [9.17, 15) is 5.26 Å². The summed E-state index contributed by atoms with van der Waals surface area (Å²) in [7, 11) is 0. The first kappa shape index (κ1) is 26.5. The molecule has 4 aromatic carbocycles. The van der Waals surface area contributed by atoms with Gasteiger partial charge in [-0.05, 0) is 96.6 Å². The Labute approximate surface area is 258 Å². The van der Waals surface area contributed by atoms with Gasteiger partial charge in [-0.25, -0.2) is 19.8 Å². The van der Waals surface area contributed by atoms with Gasteiger partial charge in [0, 0.05) is 16.7 Å². The molecule has 9 rings (SSSR count). The summed E-state index contributed by atoms with van der Waals surface area (Å²) in [5, 5.41) is 10.0. The molecule has 1 heterocycles. The Kier molecular flexibility index (Phi) is 6.35. The largest absolute Gasteiger partial charge is 0.238 e. The van der Waals surface area contributed by atoms with E-state index in [4.69, 9.17) is 21.5 Å². The molecule has 4 aliphatic carbocycles. The molecule has 4 saturated carbocycles. The van der Waals surface area contributed by atoms with Crippen molar-refractivity contribution in [3.8, 4) is 51.4 Å². The highest BCUT2D eigenvalue weighted by Crippen LogP contribution is 2.60. The minimum Gasteiger partial charge on any atom is -0.238 e. The van der Waals surface area contributed by atoms with Crippen LogP contribution in [0.4, 0.5) is 5.69 Å². The van der Waals surface area contributed by atoms with Crippen LogP contribution in [-0.2, 0) is 5.41 Å². The van der Waals surface area contributed by atoms with E-state index in [1.54, 1.807) is 12.1 Å². The van der Waals surface area contributed by atoms with Crippen molar-refractivity contribution < 1.29 is 0 Å². The van der Waals surface area contributed by atoms with E-state index >= 15 is 0 Å². The maximum Gasteiger partial charge on any atom is 0.187 e. The predicted octanol–water partition coefficient (Wildman–Crippen LogP) is 9.43. The van der Waals surface area contributed by atoms with E-state index in [1.807, 2.05) is 54.6 Å². The minimum atomic E-state index is 0.356. The number of hydrogen-bond donors (Lipinski definition) is 0. The average Bonchev–Trinajstić information content (AvgIpc) is 3.08. The standard InChI is InChI=1S/C39H31N5/c1-41-35-13-9-31(10-14-35)37-42-36(30-5-3-2-4-6-30)43-38(44-37)33-19-28(24-40)18-32(20-33)29-7-11-34(12-8-29)39-21-25-15-26(22-39)17-27(16-25)23-39/h2-14,18-20,25-27H,15-17,21-23H2. The van der Waals surface area contributed by atoms with E-state index in [1.165, 1.54) is 44.1 Å². The van der Waals surface area contributed by atoms with E-state index in [0.29, 0.717) is 34.1 Å². The quantitative estimate of drug-likeness (QED) is 0.198. The highest BCUT2D eigenvalue weighted by Gasteiger charge is 2.51. The SMILES string of the molecule is [C-]#[N+]c1ccc(-c2nc(-c3ccccc3)nc(-c3cc(C#N)cc(-c4ccc(C56CC7CC(CC(C7)C5)C6)cc4)c3)n2)cc1. The minimum absolute atomic E-state index is 0.356. The second-order valence-corrected chi connectivity index (χ2v) is 13.0. The first-order valence-electron chi connectivity index (χ1n) is 15.5. The smallest absolute Gasteiger partial charge is 0.187 e. The van der Waals surface area contributed by atoms with Crippen LogP contribution in [-0.4, -0.2) is 15.0 Å². The van der Waals surface area contributed by atoms with Crippen LogP contribution >= 0.6 is 0 Å². The molecule has 4 aliphatic rings. The summed E-state index contributed by atoms with van der Waals surface area (Å²) in [5.41, 5.74) is 7.49. The lowest BCUT2D eigenvalue weighted by Crippen LogP contribution is -2.48. The molecule has 0 N–H and O–H groups in total. The zero-order chi connectivity index (χ0) is 29.7. The first-order chi connectivity index (χ1) is 21.6. The van der Waals surface area contributed by atoms with Gasteiger partial charge in [0.1, 0.15) is 0 Å². The van der Waals surface area contributed by atoms with E-state index in [0.717, 1.165) is 45.6 Å². The zero-order valence-corrected chi connectivity index (χ0v) is 24.4. The maximum absolute atomic E-state index is 10.0. The summed E-state index contributed by atoms with van der Waals surface area (Å²) in [6.45, 7) is 7.30. The summed E-state index contributed by atoms with van der Waals surface area (Å²) in [5.74, 6) is 4.32. The third-order valence-corrected chi connectivity index (χ3v) is 10.1. The topological polar surface area (TPSA) is 66.8 Å². The van der Waals surface area contributed by atoms with Crippen molar-refractivity contribution in [2.75, 3.05) is 0 Å². The Morgan fingerprint density at radius 1 is 0.614 bits per heavy atom. The Balaban J connectivity index is 1.19. The molecule has 0 atom stereocenters. The number of hydrogen-bond acceptors (Lipinski definition) is 4. The van der Waals surface area contributed by atoms with Gasteiger partial charge in [-0.1, -0.05) is 78.9 Å². The number of aromatic nitrogens is 3. The number of nitrogens with zero attached hydrogens (tertiary/aromatic N) is 5. The van der Waals surface area contributed by atoms with Gasteiger partial charge in [0.2, 0.25) is 0 Å². The summed E-state index contributed by atoms with van der Waals surface area (Å²) < 4.78 is 0. The fourth-order valence-corrected chi connectivity index (χ4v) is 8.50. The molecule has 5 heteroatoms. The predicted molar refractivity (Wildman–Crippen MR) is 172 cm³/mol. The molecule has 0 unspecified atom stereocenters. The lowest BCUT2D eigenvalue weighted by Gasteiger charge is -2.57. The summed E-state index contributed by atoms with van der Waals surface area (Å²) >= 11 is 0. The van der Waals surface area contributed by atoms with Gasteiger partial charge in [0.05, 0.1) is 18.2 Å². The van der Waals surface area contributed by atoms with Crippen molar-refractivity contribution in [3.05, 3.63) is 120 Å². The fraction of sp³-hybridized carbons (Fsp3) is 0.256. The Hall–Kier alpha value is -5.13. The third-order valence-electron chi connectivity index (χ3n) is 10.1. The van der Waals surface area contributed by atoms with Crippen molar-refractivity contribution in [1.82, 2.24) is 15.0 Å². The average molecular weight is 570 g/mol. The molecule has 212 valence electrons. The molecule has 0 saturated heterocycles. The van der Waals surface area contributed by atoms with Gasteiger partial charge in [0.15, 0.2) is 23.2 Å². The van der Waals surface area contributed by atoms with E-state index in [2.05, 4.69) is 41.2 Å². The van der Waals surface area contributed by atoms with Crippen molar-refractivity contribution in [3.63, 3.8) is 0 Å². The lowest BCUT2D eigenvalue weighted by molar-refractivity contribution is -0.00518. The summed E-state index contributed by atoms with van der Waals surface area (Å²) in [6, 6.07) is 34.5. The van der Waals surface area contributed by atoms with Crippen molar-refractivity contribution in [2.45, 2.75) is 43.9 Å². The van der Waals surface area contributed by atoms with Gasteiger partial charge in [0.25, 0.3) is 0 Å². The molecule has 4 bridgehead atoms.